The molecule has 1 aliphatic carbocycles. The van der Waals surface area contributed by atoms with E-state index in [1.807, 2.05) is 30.3 Å². The fourth-order valence-electron chi connectivity index (χ4n) is 4.31. The summed E-state index contributed by atoms with van der Waals surface area (Å²) in [4.78, 5) is 29.1. The molecule has 156 valence electrons. The van der Waals surface area contributed by atoms with Gasteiger partial charge in [-0.25, -0.2) is 9.78 Å². The van der Waals surface area contributed by atoms with Gasteiger partial charge in [-0.2, -0.15) is 4.73 Å². The monoisotopic (exact) mass is 417 g/mol. The molecule has 1 spiro atoms. The maximum atomic E-state index is 12.7. The zero-order valence-electron chi connectivity index (χ0n) is 16.5. The van der Waals surface area contributed by atoms with E-state index in [1.165, 1.54) is 18.5 Å². The van der Waals surface area contributed by atoms with E-state index in [-0.39, 0.29) is 17.8 Å². The van der Waals surface area contributed by atoms with Crippen LogP contribution in [-0.2, 0) is 15.1 Å². The zero-order chi connectivity index (χ0) is 21.4. The van der Waals surface area contributed by atoms with Gasteiger partial charge in [0.2, 0.25) is 11.9 Å². The quantitative estimate of drug-likeness (QED) is 0.394. The highest BCUT2D eigenvalue weighted by Crippen LogP contribution is 2.47. The number of nitrogens with zero attached hydrogens (tertiary/aromatic N) is 4. The van der Waals surface area contributed by atoms with E-state index >= 15 is 0 Å². The van der Waals surface area contributed by atoms with Crippen molar-refractivity contribution in [2.75, 3.05) is 5.32 Å². The number of carbonyl (C=O) groups excluding carboxylic acids is 2. The fraction of sp³-hybridized carbons (Fsp3) is 0.273. The fourth-order valence-corrected chi connectivity index (χ4v) is 4.31. The Morgan fingerprint density at radius 1 is 1.16 bits per heavy atom. The molecule has 0 saturated heterocycles. The second-order valence-electron chi connectivity index (χ2n) is 7.81. The molecule has 3 heterocycles. The van der Waals surface area contributed by atoms with E-state index in [2.05, 4.69) is 20.5 Å². The number of anilines is 1. The molecular formula is C22H19N5O4. The molecular weight excluding hydrogens is 398 g/mol. The Bertz CT molecular complexity index is 1140. The van der Waals surface area contributed by atoms with Crippen LogP contribution < -0.4 is 10.0 Å². The predicted octanol–water partition coefficient (Wildman–Crippen LogP) is 2.37. The first kappa shape index (κ1) is 19.1. The normalized spacial score (nSPS) is 22.1. The third-order valence-electron chi connectivity index (χ3n) is 5.96. The molecule has 1 fully saturated rings. The lowest BCUT2D eigenvalue weighted by Gasteiger charge is -2.35. The molecule has 3 aromatic rings. The molecule has 0 atom stereocenters. The highest BCUT2D eigenvalue weighted by Gasteiger charge is 2.50. The maximum absolute atomic E-state index is 12.7. The van der Waals surface area contributed by atoms with Crippen molar-refractivity contribution >= 4 is 17.8 Å². The molecule has 2 aliphatic rings. The van der Waals surface area contributed by atoms with Crippen molar-refractivity contribution in [3.8, 4) is 11.3 Å². The summed E-state index contributed by atoms with van der Waals surface area (Å²) in [5, 5.41) is 22.6. The summed E-state index contributed by atoms with van der Waals surface area (Å²) < 4.78 is 6.33. The zero-order valence-corrected chi connectivity index (χ0v) is 16.5. The third-order valence-corrected chi connectivity index (χ3v) is 5.96. The second-order valence-corrected chi connectivity index (χ2v) is 7.81. The molecule has 2 aromatic heterocycles. The van der Waals surface area contributed by atoms with Crippen molar-refractivity contribution in [3.05, 3.63) is 71.3 Å². The first-order valence-corrected chi connectivity index (χ1v) is 10.1. The SMILES string of the molecule is O=C1O[C@]2(CC[C@@H](C(=O)Nc3ncc(-c4ccccc4)nn3)CC2)c2c[n+]([O-])ccc21. The summed E-state index contributed by atoms with van der Waals surface area (Å²) >= 11 is 0. The standard InChI is InChI=1S/C22H19N5O4/c28-19(24-21-23-12-18(25-26-21)14-4-2-1-3-5-14)15-6-9-22(10-7-15)17-13-27(30)11-8-16(17)20(29)31-22/h1-5,8,11-13,15H,6-7,9-10H2,(H,23,24,26,28)/t15-,22+. The summed E-state index contributed by atoms with van der Waals surface area (Å²) in [5.41, 5.74) is 1.72. The lowest BCUT2D eigenvalue weighted by atomic mass is 9.75. The van der Waals surface area contributed by atoms with E-state index in [0.29, 0.717) is 47.2 Å². The summed E-state index contributed by atoms with van der Waals surface area (Å²) in [6, 6.07) is 11.0. The van der Waals surface area contributed by atoms with Crippen molar-refractivity contribution in [3.63, 3.8) is 0 Å². The minimum absolute atomic E-state index is 0.148. The number of ether oxygens (including phenoxy) is 1. The molecule has 31 heavy (non-hydrogen) atoms. The predicted molar refractivity (Wildman–Crippen MR) is 108 cm³/mol. The maximum Gasteiger partial charge on any atom is 0.339 e. The van der Waals surface area contributed by atoms with Crippen molar-refractivity contribution < 1.29 is 19.1 Å². The van der Waals surface area contributed by atoms with Crippen LogP contribution in [0.3, 0.4) is 0 Å². The van der Waals surface area contributed by atoms with Gasteiger partial charge in [-0.1, -0.05) is 30.3 Å². The summed E-state index contributed by atoms with van der Waals surface area (Å²) in [5.74, 6) is -0.735. The smallest absolute Gasteiger partial charge is 0.339 e. The van der Waals surface area contributed by atoms with Crippen LogP contribution in [0.2, 0.25) is 0 Å². The van der Waals surface area contributed by atoms with Gasteiger partial charge in [0, 0.05) is 17.5 Å². The molecule has 1 aromatic carbocycles. The summed E-state index contributed by atoms with van der Waals surface area (Å²) in [6.45, 7) is 0. The number of aromatic nitrogens is 4. The van der Waals surface area contributed by atoms with Crippen LogP contribution in [0.15, 0.2) is 55.0 Å². The molecule has 1 N–H and O–H groups in total. The van der Waals surface area contributed by atoms with Crippen LogP contribution in [0.4, 0.5) is 5.95 Å². The topological polar surface area (TPSA) is 121 Å². The Morgan fingerprint density at radius 2 is 1.94 bits per heavy atom. The van der Waals surface area contributed by atoms with E-state index in [1.54, 1.807) is 6.20 Å². The second kappa shape index (κ2) is 7.42. The van der Waals surface area contributed by atoms with Gasteiger partial charge >= 0.3 is 5.97 Å². The molecule has 0 bridgehead atoms. The molecule has 1 amide bonds. The first-order valence-electron chi connectivity index (χ1n) is 10.1. The van der Waals surface area contributed by atoms with Gasteiger partial charge in [0.15, 0.2) is 12.4 Å². The number of benzene rings is 1. The van der Waals surface area contributed by atoms with Crippen LogP contribution in [-0.4, -0.2) is 27.1 Å². The number of hydrogen-bond donors (Lipinski definition) is 1. The molecule has 1 aliphatic heterocycles. The number of carbonyl (C=O) groups is 2. The first-order chi connectivity index (χ1) is 15.0. The van der Waals surface area contributed by atoms with Crippen molar-refractivity contribution in [2.24, 2.45) is 5.92 Å². The number of hydrogen-bond acceptors (Lipinski definition) is 7. The van der Waals surface area contributed by atoms with Crippen LogP contribution >= 0.6 is 0 Å². The number of fused-ring (bicyclic) bond motifs is 2. The average molecular weight is 417 g/mol. The highest BCUT2D eigenvalue weighted by atomic mass is 16.6. The molecule has 1 saturated carbocycles. The number of rotatable bonds is 3. The van der Waals surface area contributed by atoms with Crippen LogP contribution in [0.1, 0.15) is 41.6 Å². The van der Waals surface area contributed by atoms with Gasteiger partial charge < -0.3 is 9.94 Å². The third kappa shape index (κ3) is 3.48. The van der Waals surface area contributed by atoms with Gasteiger partial charge in [-0.05, 0) is 25.7 Å². The number of nitrogens with one attached hydrogen (secondary N) is 1. The molecule has 0 radical (unpaired) electrons. The molecule has 5 rings (SSSR count). The van der Waals surface area contributed by atoms with Gasteiger partial charge in [-0.15, -0.1) is 10.2 Å². The molecule has 9 nitrogen and oxygen atoms in total. The Kier molecular flexibility index (Phi) is 4.58. The molecule has 9 heteroatoms. The van der Waals surface area contributed by atoms with Gasteiger partial charge in [0.25, 0.3) is 0 Å². The van der Waals surface area contributed by atoms with Crippen molar-refractivity contribution in [1.29, 1.82) is 0 Å². The summed E-state index contributed by atoms with van der Waals surface area (Å²) in [7, 11) is 0. The minimum Gasteiger partial charge on any atom is -0.619 e. The Morgan fingerprint density at radius 3 is 2.65 bits per heavy atom. The van der Waals surface area contributed by atoms with Crippen LogP contribution in [0.5, 0.6) is 0 Å². The highest BCUT2D eigenvalue weighted by molar-refractivity contribution is 5.94. The van der Waals surface area contributed by atoms with E-state index in [4.69, 9.17) is 4.74 Å². The van der Waals surface area contributed by atoms with Crippen LogP contribution in [0.25, 0.3) is 11.3 Å². The molecule has 0 unspecified atom stereocenters. The lowest BCUT2D eigenvalue weighted by Crippen LogP contribution is -2.37. The largest absolute Gasteiger partial charge is 0.619 e. The van der Waals surface area contributed by atoms with Gasteiger partial charge in [0.05, 0.1) is 17.3 Å². The summed E-state index contributed by atoms with van der Waals surface area (Å²) in [6.07, 6.45) is 6.23. The Labute approximate surface area is 177 Å². The van der Waals surface area contributed by atoms with E-state index < -0.39 is 11.6 Å². The van der Waals surface area contributed by atoms with Crippen molar-refractivity contribution in [2.45, 2.75) is 31.3 Å². The van der Waals surface area contributed by atoms with Crippen molar-refractivity contribution in [1.82, 2.24) is 15.2 Å². The van der Waals surface area contributed by atoms with E-state index in [0.717, 1.165) is 5.56 Å². The lowest BCUT2D eigenvalue weighted by molar-refractivity contribution is -0.606. The number of pyridine rings is 1. The Balaban J connectivity index is 1.24. The average Bonchev–Trinajstić information content (AvgIpc) is 3.05. The Hall–Kier alpha value is -3.88. The number of esters is 1. The van der Waals surface area contributed by atoms with Gasteiger partial charge in [-0.3, -0.25) is 10.1 Å². The van der Waals surface area contributed by atoms with Gasteiger partial charge in [0.1, 0.15) is 11.3 Å². The van der Waals surface area contributed by atoms with Crippen LogP contribution in [0, 0.1) is 11.1 Å². The van der Waals surface area contributed by atoms with E-state index in [9.17, 15) is 14.8 Å². The number of amides is 1. The minimum atomic E-state index is -0.827.